The van der Waals surface area contributed by atoms with Crippen LogP contribution in [0.5, 0.6) is 0 Å². The first-order chi connectivity index (χ1) is 8.90. The number of likely N-dealkylation sites (N-methyl/N-ethyl adjacent to an activating group) is 1. The predicted octanol–water partition coefficient (Wildman–Crippen LogP) is 2.04. The first kappa shape index (κ1) is 15.5. The number of hydrogen-bond donors (Lipinski definition) is 0. The molecule has 0 heterocycles. The molecule has 0 atom stereocenters. The Hall–Kier alpha value is -1.55. The zero-order chi connectivity index (χ0) is 14.4. The lowest BCUT2D eigenvalue weighted by Crippen LogP contribution is -2.42. The molecule has 0 aromatic heterocycles. The van der Waals surface area contributed by atoms with Crippen molar-refractivity contribution >= 4 is 6.03 Å². The van der Waals surface area contributed by atoms with Crippen LogP contribution in [0.4, 0.5) is 4.79 Å². The average molecular weight is 263 g/mol. The number of amides is 2. The van der Waals surface area contributed by atoms with Gasteiger partial charge in [0.05, 0.1) is 0 Å². The third-order valence-corrected chi connectivity index (χ3v) is 2.96. The van der Waals surface area contributed by atoms with Crippen molar-refractivity contribution in [2.24, 2.45) is 0 Å². The minimum atomic E-state index is 0.0578. The Labute approximate surface area is 116 Å². The molecule has 0 aliphatic carbocycles. The van der Waals surface area contributed by atoms with E-state index in [0.717, 1.165) is 13.1 Å². The van der Waals surface area contributed by atoms with Gasteiger partial charge in [-0.2, -0.15) is 0 Å². The topological polar surface area (TPSA) is 26.8 Å². The molecule has 4 nitrogen and oxygen atoms in total. The molecule has 0 aliphatic rings. The lowest BCUT2D eigenvalue weighted by Gasteiger charge is -2.27. The molecule has 106 valence electrons. The fraction of sp³-hybridized carbons (Fsp3) is 0.533. The summed E-state index contributed by atoms with van der Waals surface area (Å²) in [5, 5.41) is 0. The molecule has 0 unspecified atom stereocenters. The number of urea groups is 1. The number of benzene rings is 1. The van der Waals surface area contributed by atoms with Gasteiger partial charge in [-0.15, -0.1) is 0 Å². The monoisotopic (exact) mass is 263 g/mol. The van der Waals surface area contributed by atoms with Crippen molar-refractivity contribution in [3.63, 3.8) is 0 Å². The highest BCUT2D eigenvalue weighted by Crippen LogP contribution is 2.08. The van der Waals surface area contributed by atoms with E-state index >= 15 is 0 Å². The van der Waals surface area contributed by atoms with E-state index in [1.165, 1.54) is 11.1 Å². The van der Waals surface area contributed by atoms with Gasteiger partial charge in [0.1, 0.15) is 0 Å². The summed E-state index contributed by atoms with van der Waals surface area (Å²) in [5.74, 6) is 0. The van der Waals surface area contributed by atoms with Crippen LogP contribution in [0.25, 0.3) is 0 Å². The second kappa shape index (κ2) is 7.14. The SMILES string of the molecule is Cc1ccc(CN(CCN(C)C)C(=O)N(C)C)cc1. The molecule has 0 spiro atoms. The molecule has 0 N–H and O–H groups in total. The van der Waals surface area contributed by atoms with Crippen LogP contribution in [0, 0.1) is 6.92 Å². The van der Waals surface area contributed by atoms with Crippen molar-refractivity contribution in [2.45, 2.75) is 13.5 Å². The first-order valence-electron chi connectivity index (χ1n) is 6.56. The highest BCUT2D eigenvalue weighted by Gasteiger charge is 2.15. The van der Waals surface area contributed by atoms with E-state index in [9.17, 15) is 4.79 Å². The Balaban J connectivity index is 2.72. The molecule has 0 aliphatic heterocycles. The molecular formula is C15H25N3O. The normalized spacial score (nSPS) is 10.6. The zero-order valence-corrected chi connectivity index (χ0v) is 12.7. The summed E-state index contributed by atoms with van der Waals surface area (Å²) >= 11 is 0. The summed E-state index contributed by atoms with van der Waals surface area (Å²) in [6.07, 6.45) is 0. The van der Waals surface area contributed by atoms with Gasteiger partial charge in [-0.1, -0.05) is 29.8 Å². The van der Waals surface area contributed by atoms with Crippen molar-refractivity contribution < 1.29 is 4.79 Å². The van der Waals surface area contributed by atoms with Gasteiger partial charge in [0.25, 0.3) is 0 Å². The van der Waals surface area contributed by atoms with Gasteiger partial charge in [-0.25, -0.2) is 4.79 Å². The smallest absolute Gasteiger partial charge is 0.319 e. The largest absolute Gasteiger partial charge is 0.331 e. The Morgan fingerprint density at radius 1 is 1.00 bits per heavy atom. The van der Waals surface area contributed by atoms with Gasteiger partial charge in [0, 0.05) is 33.7 Å². The fourth-order valence-electron chi connectivity index (χ4n) is 1.76. The van der Waals surface area contributed by atoms with Crippen LogP contribution < -0.4 is 0 Å². The summed E-state index contributed by atoms with van der Waals surface area (Å²) in [5.41, 5.74) is 2.40. The molecule has 0 bridgehead atoms. The Kier molecular flexibility index (Phi) is 5.83. The number of nitrogens with zero attached hydrogens (tertiary/aromatic N) is 3. The zero-order valence-electron chi connectivity index (χ0n) is 12.7. The van der Waals surface area contributed by atoms with E-state index in [1.54, 1.807) is 19.0 Å². The fourth-order valence-corrected chi connectivity index (χ4v) is 1.76. The molecule has 1 aromatic rings. The maximum Gasteiger partial charge on any atom is 0.319 e. The van der Waals surface area contributed by atoms with E-state index in [1.807, 2.05) is 19.0 Å². The highest BCUT2D eigenvalue weighted by atomic mass is 16.2. The molecule has 1 rings (SSSR count). The number of hydrogen-bond acceptors (Lipinski definition) is 2. The maximum absolute atomic E-state index is 12.2. The van der Waals surface area contributed by atoms with E-state index in [4.69, 9.17) is 0 Å². The van der Waals surface area contributed by atoms with Gasteiger partial charge in [-0.05, 0) is 26.6 Å². The summed E-state index contributed by atoms with van der Waals surface area (Å²) in [4.78, 5) is 17.8. The highest BCUT2D eigenvalue weighted by molar-refractivity contribution is 5.73. The second-order valence-electron chi connectivity index (χ2n) is 5.39. The lowest BCUT2D eigenvalue weighted by atomic mass is 10.1. The average Bonchev–Trinajstić information content (AvgIpc) is 2.35. The number of aryl methyl sites for hydroxylation is 1. The predicted molar refractivity (Wildman–Crippen MR) is 79.2 cm³/mol. The van der Waals surface area contributed by atoms with Gasteiger partial charge < -0.3 is 14.7 Å². The summed E-state index contributed by atoms with van der Waals surface area (Å²) in [6, 6.07) is 8.39. The van der Waals surface area contributed by atoms with Crippen molar-refractivity contribution in [3.05, 3.63) is 35.4 Å². The van der Waals surface area contributed by atoms with Crippen LogP contribution in [0.2, 0.25) is 0 Å². The van der Waals surface area contributed by atoms with Crippen LogP contribution in [-0.2, 0) is 6.54 Å². The van der Waals surface area contributed by atoms with Gasteiger partial charge in [-0.3, -0.25) is 0 Å². The molecule has 1 aromatic carbocycles. The molecule has 19 heavy (non-hydrogen) atoms. The van der Waals surface area contributed by atoms with Crippen LogP contribution >= 0.6 is 0 Å². The first-order valence-corrected chi connectivity index (χ1v) is 6.56. The Bertz CT molecular complexity index is 398. The minimum Gasteiger partial charge on any atom is -0.331 e. The van der Waals surface area contributed by atoms with E-state index in [0.29, 0.717) is 6.54 Å². The molecule has 4 heteroatoms. The van der Waals surface area contributed by atoms with Crippen LogP contribution in [0.1, 0.15) is 11.1 Å². The van der Waals surface area contributed by atoms with E-state index in [-0.39, 0.29) is 6.03 Å². The van der Waals surface area contributed by atoms with Crippen LogP contribution in [-0.4, -0.2) is 62.0 Å². The number of carbonyl (C=O) groups excluding carboxylic acids is 1. The summed E-state index contributed by atoms with van der Waals surface area (Å²) in [7, 11) is 7.62. The van der Waals surface area contributed by atoms with E-state index in [2.05, 4.69) is 36.1 Å². The Morgan fingerprint density at radius 2 is 1.58 bits per heavy atom. The van der Waals surface area contributed by atoms with Crippen molar-refractivity contribution in [1.82, 2.24) is 14.7 Å². The third-order valence-electron chi connectivity index (χ3n) is 2.96. The minimum absolute atomic E-state index is 0.0578. The molecule has 0 radical (unpaired) electrons. The quantitative estimate of drug-likeness (QED) is 0.813. The van der Waals surface area contributed by atoms with Gasteiger partial charge in [0.2, 0.25) is 0 Å². The molecule has 0 saturated heterocycles. The van der Waals surface area contributed by atoms with Gasteiger partial charge >= 0.3 is 6.03 Å². The standard InChI is InChI=1S/C15H25N3O/c1-13-6-8-14(9-7-13)12-18(11-10-16(2)3)15(19)17(4)5/h6-9H,10-12H2,1-5H3. The molecule has 0 fully saturated rings. The second-order valence-corrected chi connectivity index (χ2v) is 5.39. The van der Waals surface area contributed by atoms with Gasteiger partial charge in [0.15, 0.2) is 0 Å². The Morgan fingerprint density at radius 3 is 2.05 bits per heavy atom. The molecule has 2 amide bonds. The summed E-state index contributed by atoms with van der Waals surface area (Å²) < 4.78 is 0. The van der Waals surface area contributed by atoms with E-state index < -0.39 is 0 Å². The maximum atomic E-state index is 12.2. The van der Waals surface area contributed by atoms with Crippen molar-refractivity contribution in [1.29, 1.82) is 0 Å². The van der Waals surface area contributed by atoms with Crippen LogP contribution in [0.15, 0.2) is 24.3 Å². The van der Waals surface area contributed by atoms with Crippen molar-refractivity contribution in [2.75, 3.05) is 41.3 Å². The third kappa shape index (κ3) is 5.30. The molecule has 0 saturated carbocycles. The van der Waals surface area contributed by atoms with Crippen molar-refractivity contribution in [3.8, 4) is 0 Å². The number of rotatable bonds is 5. The number of carbonyl (C=O) groups is 1. The summed E-state index contributed by atoms with van der Waals surface area (Å²) in [6.45, 7) is 4.33. The van der Waals surface area contributed by atoms with Crippen LogP contribution in [0.3, 0.4) is 0 Å². The molecular weight excluding hydrogens is 238 g/mol. The lowest BCUT2D eigenvalue weighted by molar-refractivity contribution is 0.163.